The molecule has 1 amide bonds. The van der Waals surface area contributed by atoms with E-state index in [1.54, 1.807) is 5.38 Å². The first-order valence-electron chi connectivity index (χ1n) is 14.0. The van der Waals surface area contributed by atoms with Crippen molar-refractivity contribution in [1.82, 2.24) is 24.5 Å². The normalized spacial score (nSPS) is 12.2. The SMILES string of the molecule is Cc1ccc2c(c1)C=Cc1cc(C)ccc1C2c1cn(-c2cc(NCC(=O)Nc3nc(CC(=O)O)cs3)nc(Cl)n2)c(=O)[nH]c1=O. The van der Waals surface area contributed by atoms with Crippen molar-refractivity contribution in [2.45, 2.75) is 26.2 Å². The minimum Gasteiger partial charge on any atom is -0.481 e. The molecule has 0 unspecified atom stereocenters. The number of hydrogen-bond acceptors (Lipinski definition) is 9. The van der Waals surface area contributed by atoms with Crippen LogP contribution in [0, 0.1) is 13.8 Å². The Bertz CT molecular complexity index is 2120. The van der Waals surface area contributed by atoms with Crippen molar-refractivity contribution in [2.24, 2.45) is 0 Å². The second-order valence-electron chi connectivity index (χ2n) is 10.7. The molecule has 4 N–H and O–H groups in total. The summed E-state index contributed by atoms with van der Waals surface area (Å²) >= 11 is 7.33. The van der Waals surface area contributed by atoms with E-state index in [0.29, 0.717) is 11.3 Å². The number of H-pyrrole nitrogens is 1. The quantitative estimate of drug-likeness (QED) is 0.174. The molecule has 0 saturated heterocycles. The molecule has 1 aliphatic rings. The second kappa shape index (κ2) is 12.5. The highest BCUT2D eigenvalue weighted by molar-refractivity contribution is 7.13. The number of aliphatic carboxylic acids is 1. The lowest BCUT2D eigenvalue weighted by Crippen LogP contribution is -2.33. The van der Waals surface area contributed by atoms with Gasteiger partial charge in [0.25, 0.3) is 5.56 Å². The highest BCUT2D eigenvalue weighted by Crippen LogP contribution is 2.38. The maximum atomic E-state index is 13.5. The minimum atomic E-state index is -1.03. The molecule has 0 spiro atoms. The highest BCUT2D eigenvalue weighted by Gasteiger charge is 2.27. The molecule has 6 rings (SSSR count). The van der Waals surface area contributed by atoms with Crippen LogP contribution in [0.2, 0.25) is 5.28 Å². The Morgan fingerprint density at radius 2 is 1.65 bits per heavy atom. The van der Waals surface area contributed by atoms with Crippen molar-refractivity contribution < 1.29 is 14.7 Å². The standard InChI is InChI=1S/C32H26ClN7O5S/c1-16-3-7-21-18(9-16)5-6-19-10-17(2)4-8-22(19)28(21)23-14-40(32(45)39-29(23)44)25-12-24(36-30(33)37-25)34-13-26(41)38-31-35-20(15-46-31)11-27(42)43/h3-10,12,14-15,28H,11,13H2,1-2H3,(H,42,43)(H,34,36,37)(H,35,38,41)(H,39,44,45). The fourth-order valence-corrected chi connectivity index (χ4v) is 6.21. The summed E-state index contributed by atoms with van der Waals surface area (Å²) in [6.07, 6.45) is 5.28. The molecular weight excluding hydrogens is 630 g/mol. The Kier molecular flexibility index (Phi) is 8.35. The number of anilines is 2. The first kappa shape index (κ1) is 30.6. The summed E-state index contributed by atoms with van der Waals surface area (Å²) in [6.45, 7) is 3.77. The van der Waals surface area contributed by atoms with Gasteiger partial charge in [-0.05, 0) is 47.7 Å². The molecule has 12 nitrogen and oxygen atoms in total. The molecule has 1 aliphatic carbocycles. The second-order valence-corrected chi connectivity index (χ2v) is 11.9. The van der Waals surface area contributed by atoms with Crippen LogP contribution in [0.4, 0.5) is 10.9 Å². The van der Waals surface area contributed by atoms with Gasteiger partial charge >= 0.3 is 11.7 Å². The van der Waals surface area contributed by atoms with E-state index in [0.717, 1.165) is 44.7 Å². The van der Waals surface area contributed by atoms with E-state index in [1.165, 1.54) is 16.8 Å². The van der Waals surface area contributed by atoms with E-state index in [-0.39, 0.29) is 35.0 Å². The van der Waals surface area contributed by atoms with Gasteiger partial charge in [-0.15, -0.1) is 11.3 Å². The maximum Gasteiger partial charge on any atom is 0.334 e. The van der Waals surface area contributed by atoms with Gasteiger partial charge < -0.3 is 15.7 Å². The van der Waals surface area contributed by atoms with E-state index >= 15 is 0 Å². The van der Waals surface area contributed by atoms with E-state index in [2.05, 4.69) is 42.7 Å². The van der Waals surface area contributed by atoms with E-state index in [1.807, 2.05) is 50.3 Å². The average molecular weight is 656 g/mol. The van der Waals surface area contributed by atoms with Crippen molar-refractivity contribution in [3.8, 4) is 5.82 Å². The molecule has 14 heteroatoms. The Morgan fingerprint density at radius 1 is 0.978 bits per heavy atom. The van der Waals surface area contributed by atoms with Crippen LogP contribution in [0.15, 0.2) is 63.6 Å². The number of nitrogens with one attached hydrogen (secondary N) is 3. The number of aromatic amines is 1. The van der Waals surface area contributed by atoms with Crippen LogP contribution in [-0.2, 0) is 16.0 Å². The Morgan fingerprint density at radius 3 is 2.30 bits per heavy atom. The van der Waals surface area contributed by atoms with Gasteiger partial charge in [0.05, 0.1) is 18.7 Å². The largest absolute Gasteiger partial charge is 0.481 e. The number of halogens is 1. The summed E-state index contributed by atoms with van der Waals surface area (Å²) in [6, 6.07) is 13.5. The monoisotopic (exact) mass is 655 g/mol. The number of carboxylic acid groups (broad SMARTS) is 1. The lowest BCUT2D eigenvalue weighted by Gasteiger charge is -2.21. The van der Waals surface area contributed by atoms with Crippen molar-refractivity contribution in [3.05, 3.63) is 125 Å². The molecule has 0 bridgehead atoms. The molecule has 0 radical (unpaired) electrons. The fraction of sp³-hybridized carbons (Fsp3) is 0.156. The zero-order chi connectivity index (χ0) is 32.5. The molecule has 232 valence electrons. The first-order chi connectivity index (χ1) is 22.0. The Balaban J connectivity index is 1.33. The number of rotatable bonds is 8. The van der Waals surface area contributed by atoms with Gasteiger partial charge in [-0.1, -0.05) is 59.7 Å². The lowest BCUT2D eigenvalue weighted by atomic mass is 9.82. The molecule has 46 heavy (non-hydrogen) atoms. The van der Waals surface area contributed by atoms with Crippen LogP contribution in [0.3, 0.4) is 0 Å². The van der Waals surface area contributed by atoms with Crippen molar-refractivity contribution in [2.75, 3.05) is 17.2 Å². The van der Waals surface area contributed by atoms with Crippen molar-refractivity contribution in [1.29, 1.82) is 0 Å². The summed E-state index contributed by atoms with van der Waals surface area (Å²) in [4.78, 5) is 64.9. The number of nitrogens with zero attached hydrogens (tertiary/aromatic N) is 4. The van der Waals surface area contributed by atoms with E-state index < -0.39 is 29.0 Å². The van der Waals surface area contributed by atoms with Gasteiger partial charge in [0.15, 0.2) is 5.13 Å². The summed E-state index contributed by atoms with van der Waals surface area (Å²) in [5.41, 5.74) is 5.27. The maximum absolute atomic E-state index is 13.5. The summed E-state index contributed by atoms with van der Waals surface area (Å²) < 4.78 is 1.19. The predicted octanol–water partition coefficient (Wildman–Crippen LogP) is 4.38. The molecule has 0 atom stereocenters. The summed E-state index contributed by atoms with van der Waals surface area (Å²) in [5.74, 6) is -1.78. The number of thiazole rings is 1. The number of aryl methyl sites for hydroxylation is 2. The number of carbonyl (C=O) groups excluding carboxylic acids is 1. The van der Waals surface area contributed by atoms with Crippen LogP contribution in [0.5, 0.6) is 0 Å². The van der Waals surface area contributed by atoms with Crippen LogP contribution in [-0.4, -0.2) is 48.0 Å². The molecule has 2 aromatic carbocycles. The van der Waals surface area contributed by atoms with Gasteiger partial charge in [0, 0.05) is 29.1 Å². The number of hydrogen-bond donors (Lipinski definition) is 4. The molecule has 0 saturated carbocycles. The van der Waals surface area contributed by atoms with Crippen LogP contribution >= 0.6 is 22.9 Å². The van der Waals surface area contributed by atoms with Gasteiger partial charge in [-0.3, -0.25) is 23.9 Å². The van der Waals surface area contributed by atoms with E-state index in [4.69, 9.17) is 16.7 Å². The van der Waals surface area contributed by atoms with Crippen LogP contribution in [0.25, 0.3) is 18.0 Å². The summed E-state index contributed by atoms with van der Waals surface area (Å²) in [5, 5.41) is 16.0. The number of benzene rings is 2. The number of carbonyl (C=O) groups is 2. The predicted molar refractivity (Wildman–Crippen MR) is 176 cm³/mol. The van der Waals surface area contributed by atoms with Crippen molar-refractivity contribution in [3.63, 3.8) is 0 Å². The number of carboxylic acids is 1. The minimum absolute atomic E-state index is 0.0728. The van der Waals surface area contributed by atoms with Gasteiger partial charge in [-0.25, -0.2) is 14.8 Å². The zero-order valence-electron chi connectivity index (χ0n) is 24.5. The molecule has 0 aliphatic heterocycles. The molecule has 5 aromatic rings. The number of aromatic nitrogens is 5. The molecular formula is C32H26ClN7O5S. The highest BCUT2D eigenvalue weighted by atomic mass is 35.5. The third-order valence-electron chi connectivity index (χ3n) is 7.32. The number of fused-ring (bicyclic) bond motifs is 2. The van der Waals surface area contributed by atoms with Crippen LogP contribution in [0.1, 0.15) is 50.6 Å². The summed E-state index contributed by atoms with van der Waals surface area (Å²) in [7, 11) is 0. The lowest BCUT2D eigenvalue weighted by molar-refractivity contribution is -0.136. The first-order valence-corrected chi connectivity index (χ1v) is 15.3. The van der Waals surface area contributed by atoms with Crippen LogP contribution < -0.4 is 21.9 Å². The van der Waals surface area contributed by atoms with Gasteiger partial charge in [0.2, 0.25) is 11.2 Å². The Labute approximate surface area is 270 Å². The average Bonchev–Trinajstić information content (AvgIpc) is 3.36. The molecule has 3 heterocycles. The molecule has 0 fully saturated rings. The zero-order valence-corrected chi connectivity index (χ0v) is 26.1. The topological polar surface area (TPSA) is 172 Å². The van der Waals surface area contributed by atoms with Crippen molar-refractivity contribution >= 4 is 57.9 Å². The number of amides is 1. The third kappa shape index (κ3) is 6.50. The van der Waals surface area contributed by atoms with Gasteiger partial charge in [0.1, 0.15) is 11.6 Å². The van der Waals surface area contributed by atoms with Gasteiger partial charge in [-0.2, -0.15) is 4.98 Å². The smallest absolute Gasteiger partial charge is 0.334 e. The molecule has 3 aromatic heterocycles. The Hall–Kier alpha value is -5.40. The fourth-order valence-electron chi connectivity index (χ4n) is 5.30. The third-order valence-corrected chi connectivity index (χ3v) is 8.30. The van der Waals surface area contributed by atoms with E-state index in [9.17, 15) is 19.2 Å².